The average molecular weight is 311 g/mol. The molecular formula is C13H11F6NO. The van der Waals surface area contributed by atoms with Crippen LogP contribution >= 0.6 is 0 Å². The Hall–Kier alpha value is -1.73. The molecule has 1 aromatic carbocycles. The third kappa shape index (κ3) is 2.98. The molecule has 0 spiro atoms. The van der Waals surface area contributed by atoms with Gasteiger partial charge in [0.05, 0.1) is 11.1 Å². The van der Waals surface area contributed by atoms with E-state index in [1.165, 1.54) is 4.90 Å². The lowest BCUT2D eigenvalue weighted by Gasteiger charge is -2.14. The fraction of sp³-hybridized carbons (Fsp3) is 0.462. The third-order valence-electron chi connectivity index (χ3n) is 3.56. The molecule has 21 heavy (non-hydrogen) atoms. The first-order chi connectivity index (χ1) is 9.43. The van der Waals surface area contributed by atoms with Crippen molar-refractivity contribution in [2.75, 3.05) is 0 Å². The minimum Gasteiger partial charge on any atom is -0.329 e. The van der Waals surface area contributed by atoms with Crippen molar-refractivity contribution in [2.45, 2.75) is 38.3 Å². The summed E-state index contributed by atoms with van der Waals surface area (Å²) in [6.07, 6.45) is -9.90. The molecule has 1 saturated heterocycles. The van der Waals surface area contributed by atoms with Crippen molar-refractivity contribution < 1.29 is 31.1 Å². The minimum atomic E-state index is -4.95. The van der Waals surface area contributed by atoms with Crippen LogP contribution in [0.15, 0.2) is 18.2 Å². The van der Waals surface area contributed by atoms with E-state index < -0.39 is 35.0 Å². The largest absolute Gasteiger partial charge is 0.416 e. The second-order valence-corrected chi connectivity index (χ2v) is 4.99. The van der Waals surface area contributed by atoms with Gasteiger partial charge >= 0.3 is 12.4 Å². The van der Waals surface area contributed by atoms with Crippen molar-refractivity contribution in [1.82, 2.24) is 4.90 Å². The van der Waals surface area contributed by atoms with Gasteiger partial charge < -0.3 is 4.90 Å². The quantitative estimate of drug-likeness (QED) is 0.568. The van der Waals surface area contributed by atoms with Crippen LogP contribution in [-0.4, -0.2) is 22.9 Å². The number of rotatable bonds is 1. The topological polar surface area (TPSA) is 20.1 Å². The Labute approximate surface area is 116 Å². The molecule has 2 nitrogen and oxygen atoms in total. The van der Waals surface area contributed by atoms with E-state index in [0.717, 1.165) is 0 Å². The van der Waals surface area contributed by atoms with Gasteiger partial charge in [0.1, 0.15) is 0 Å². The zero-order valence-corrected chi connectivity index (χ0v) is 11.0. The summed E-state index contributed by atoms with van der Waals surface area (Å²) in [6, 6.07) is 0.527. The lowest BCUT2D eigenvalue weighted by molar-refractivity contribution is -0.143. The fourth-order valence-electron chi connectivity index (χ4n) is 2.10. The Balaban J connectivity index is 2.48. The van der Waals surface area contributed by atoms with Gasteiger partial charge in [-0.1, -0.05) is 0 Å². The van der Waals surface area contributed by atoms with Crippen molar-refractivity contribution in [3.8, 4) is 0 Å². The van der Waals surface area contributed by atoms with Crippen LogP contribution in [0.1, 0.15) is 35.3 Å². The van der Waals surface area contributed by atoms with Crippen LogP contribution in [0.25, 0.3) is 0 Å². The zero-order chi connectivity index (χ0) is 16.2. The number of carbonyl (C=O) groups excluding carboxylic acids is 1. The zero-order valence-electron chi connectivity index (χ0n) is 11.0. The van der Waals surface area contributed by atoms with E-state index in [4.69, 9.17) is 0 Å². The molecule has 0 aliphatic carbocycles. The van der Waals surface area contributed by atoms with E-state index in [9.17, 15) is 31.1 Å². The molecule has 0 aromatic heterocycles. The van der Waals surface area contributed by atoms with Crippen molar-refractivity contribution in [3.05, 3.63) is 34.9 Å². The van der Waals surface area contributed by atoms with E-state index >= 15 is 0 Å². The van der Waals surface area contributed by atoms with Crippen molar-refractivity contribution in [2.24, 2.45) is 0 Å². The number of hydrogen-bond donors (Lipinski definition) is 0. The second-order valence-electron chi connectivity index (χ2n) is 4.99. The van der Waals surface area contributed by atoms with E-state index in [1.807, 2.05) is 0 Å². The number of nitrogens with zero attached hydrogens (tertiary/aromatic N) is 1. The van der Waals surface area contributed by atoms with Gasteiger partial charge in [-0.15, -0.1) is 0 Å². The second kappa shape index (κ2) is 4.64. The summed E-state index contributed by atoms with van der Waals surface area (Å²) in [5.41, 5.74) is -3.57. The summed E-state index contributed by atoms with van der Waals surface area (Å²) in [7, 11) is 0. The molecule has 1 aliphatic heterocycles. The molecule has 2 atom stereocenters. The molecule has 0 N–H and O–H groups in total. The number of alkyl halides is 6. The van der Waals surface area contributed by atoms with Gasteiger partial charge in [-0.25, -0.2) is 0 Å². The predicted octanol–water partition coefficient (Wildman–Crippen LogP) is 3.96. The molecule has 2 unspecified atom stereocenters. The number of halogens is 6. The number of hydrogen-bond acceptors (Lipinski definition) is 1. The van der Waals surface area contributed by atoms with Crippen LogP contribution < -0.4 is 0 Å². The van der Waals surface area contributed by atoms with Crippen LogP contribution in [0.3, 0.4) is 0 Å². The van der Waals surface area contributed by atoms with Gasteiger partial charge in [-0.2, -0.15) is 26.3 Å². The maximum absolute atomic E-state index is 12.7. The summed E-state index contributed by atoms with van der Waals surface area (Å²) in [5, 5.41) is 0. The summed E-state index contributed by atoms with van der Waals surface area (Å²) in [5.74, 6) is -0.827. The molecule has 1 amide bonds. The molecule has 0 radical (unpaired) electrons. The molecular weight excluding hydrogens is 300 g/mol. The number of amides is 1. The Morgan fingerprint density at radius 1 is 0.905 bits per heavy atom. The third-order valence-corrected chi connectivity index (χ3v) is 3.56. The van der Waals surface area contributed by atoms with E-state index in [0.29, 0.717) is 12.1 Å². The first kappa shape index (κ1) is 15.7. The van der Waals surface area contributed by atoms with Crippen molar-refractivity contribution >= 4 is 5.91 Å². The molecule has 1 aromatic rings. The van der Waals surface area contributed by atoms with Gasteiger partial charge in [0, 0.05) is 17.6 Å². The van der Waals surface area contributed by atoms with Crippen LogP contribution in [-0.2, 0) is 12.4 Å². The highest BCUT2D eigenvalue weighted by Gasteiger charge is 2.45. The molecule has 2 rings (SSSR count). The van der Waals surface area contributed by atoms with Crippen molar-refractivity contribution in [3.63, 3.8) is 0 Å². The van der Waals surface area contributed by atoms with Gasteiger partial charge in [0.25, 0.3) is 5.91 Å². The van der Waals surface area contributed by atoms with Crippen LogP contribution in [0.4, 0.5) is 26.3 Å². The molecule has 8 heteroatoms. The smallest absolute Gasteiger partial charge is 0.329 e. The number of carbonyl (C=O) groups is 1. The van der Waals surface area contributed by atoms with Crippen LogP contribution in [0, 0.1) is 0 Å². The van der Waals surface area contributed by atoms with Gasteiger partial charge in [-0.05, 0) is 32.0 Å². The summed E-state index contributed by atoms with van der Waals surface area (Å²) >= 11 is 0. The lowest BCUT2D eigenvalue weighted by atomic mass is 10.0. The Kier molecular flexibility index (Phi) is 3.46. The van der Waals surface area contributed by atoms with E-state index in [2.05, 4.69) is 0 Å². The van der Waals surface area contributed by atoms with Crippen molar-refractivity contribution in [1.29, 1.82) is 0 Å². The highest BCUT2D eigenvalue weighted by atomic mass is 19.4. The minimum absolute atomic E-state index is 0.00582. The SMILES string of the molecule is CC1C(C)N1C(=O)c1cc(C(F)(F)F)cc(C(F)(F)F)c1. The summed E-state index contributed by atoms with van der Waals surface area (Å²) in [4.78, 5) is 13.2. The normalized spacial score (nSPS) is 22.4. The van der Waals surface area contributed by atoms with Crippen LogP contribution in [0.2, 0.25) is 0 Å². The Morgan fingerprint density at radius 2 is 1.29 bits per heavy atom. The molecule has 1 fully saturated rings. The summed E-state index contributed by atoms with van der Waals surface area (Å²) in [6.45, 7) is 3.34. The maximum atomic E-state index is 12.7. The first-order valence-electron chi connectivity index (χ1n) is 6.05. The highest BCUT2D eigenvalue weighted by Crippen LogP contribution is 2.38. The highest BCUT2D eigenvalue weighted by molar-refractivity contribution is 5.96. The molecule has 0 bridgehead atoms. The first-order valence-corrected chi connectivity index (χ1v) is 6.05. The van der Waals surface area contributed by atoms with Gasteiger partial charge in [0.2, 0.25) is 0 Å². The predicted molar refractivity (Wildman–Crippen MR) is 61.5 cm³/mol. The molecule has 0 saturated carbocycles. The Bertz CT molecular complexity index is 537. The van der Waals surface area contributed by atoms with Crippen LogP contribution in [0.5, 0.6) is 0 Å². The maximum Gasteiger partial charge on any atom is 0.416 e. The average Bonchev–Trinajstić information content (AvgIpc) is 2.93. The van der Waals surface area contributed by atoms with Gasteiger partial charge in [-0.3, -0.25) is 4.79 Å². The molecule has 116 valence electrons. The Morgan fingerprint density at radius 3 is 1.57 bits per heavy atom. The monoisotopic (exact) mass is 311 g/mol. The standard InChI is InChI=1S/C13H11F6NO/c1-6-7(2)20(6)11(21)8-3-9(12(14,15)16)5-10(4-8)13(17,18)19/h3-7H,1-2H3. The fourth-order valence-corrected chi connectivity index (χ4v) is 2.10. The summed E-state index contributed by atoms with van der Waals surface area (Å²) < 4.78 is 76.1. The van der Waals surface area contributed by atoms with Gasteiger partial charge in [0.15, 0.2) is 0 Å². The van der Waals surface area contributed by atoms with E-state index in [1.54, 1.807) is 13.8 Å². The number of benzene rings is 1. The van der Waals surface area contributed by atoms with E-state index in [-0.39, 0.29) is 18.2 Å². The lowest BCUT2D eigenvalue weighted by Crippen LogP contribution is -2.18. The molecule has 1 heterocycles. The molecule has 1 aliphatic rings.